The Labute approximate surface area is 129 Å². The van der Waals surface area contributed by atoms with Crippen LogP contribution in [0.1, 0.15) is 45.6 Å². The third-order valence-electron chi connectivity index (χ3n) is 4.85. The molecular weight excluding hydrogens is 260 g/mol. The van der Waals surface area contributed by atoms with Gasteiger partial charge in [-0.2, -0.15) is 0 Å². The average molecular weight is 290 g/mol. The van der Waals surface area contributed by atoms with E-state index in [1.165, 1.54) is 18.4 Å². The number of nitrogens with zero attached hydrogens (tertiary/aromatic N) is 1. The number of piperidine rings is 1. The molecule has 1 aliphatic heterocycles. The zero-order valence-electron chi connectivity index (χ0n) is 13.7. The largest absolute Gasteiger partial charge is 0.396 e. The molecule has 0 spiro atoms. The Bertz CT molecular complexity index is 418. The molecule has 2 atom stereocenters. The lowest BCUT2D eigenvalue weighted by atomic mass is 9.84. The van der Waals surface area contributed by atoms with Gasteiger partial charge in [-0.25, -0.2) is 0 Å². The SMILES string of the molecule is C[C@H](CCO)NC1CCCN(Cc2ccccc2)C1(C)C. The zero-order chi connectivity index (χ0) is 15.3. The first-order valence-corrected chi connectivity index (χ1v) is 8.20. The van der Waals surface area contributed by atoms with Crippen molar-refractivity contribution in [2.45, 2.75) is 64.2 Å². The van der Waals surface area contributed by atoms with Gasteiger partial charge in [0.2, 0.25) is 0 Å². The van der Waals surface area contributed by atoms with Gasteiger partial charge in [0.1, 0.15) is 0 Å². The van der Waals surface area contributed by atoms with Crippen LogP contribution in [0, 0.1) is 0 Å². The van der Waals surface area contributed by atoms with Gasteiger partial charge in [-0.1, -0.05) is 30.3 Å². The van der Waals surface area contributed by atoms with E-state index in [-0.39, 0.29) is 12.1 Å². The van der Waals surface area contributed by atoms with E-state index in [1.807, 2.05) is 0 Å². The Balaban J connectivity index is 2.02. The van der Waals surface area contributed by atoms with Crippen LogP contribution in [0.25, 0.3) is 0 Å². The van der Waals surface area contributed by atoms with E-state index in [9.17, 15) is 0 Å². The molecule has 1 aromatic carbocycles. The Morgan fingerprint density at radius 3 is 2.71 bits per heavy atom. The van der Waals surface area contributed by atoms with Gasteiger partial charge in [-0.05, 0) is 52.1 Å². The topological polar surface area (TPSA) is 35.5 Å². The maximum Gasteiger partial charge on any atom is 0.0445 e. The molecule has 0 saturated carbocycles. The lowest BCUT2D eigenvalue weighted by molar-refractivity contribution is 0.0307. The van der Waals surface area contributed by atoms with Gasteiger partial charge >= 0.3 is 0 Å². The summed E-state index contributed by atoms with van der Waals surface area (Å²) in [5.74, 6) is 0. The predicted octanol–water partition coefficient (Wildman–Crippen LogP) is 2.79. The lowest BCUT2D eigenvalue weighted by Crippen LogP contribution is -2.62. The molecule has 2 N–H and O–H groups in total. The number of aliphatic hydroxyl groups excluding tert-OH is 1. The van der Waals surface area contributed by atoms with Crippen LogP contribution in [0.15, 0.2) is 30.3 Å². The van der Waals surface area contributed by atoms with Crippen LogP contribution in [0.5, 0.6) is 0 Å². The number of nitrogens with one attached hydrogen (secondary N) is 1. The number of rotatable bonds is 6. The molecule has 1 saturated heterocycles. The van der Waals surface area contributed by atoms with Crippen molar-refractivity contribution in [1.29, 1.82) is 0 Å². The maximum absolute atomic E-state index is 9.09. The molecule has 1 unspecified atom stereocenters. The molecule has 0 radical (unpaired) electrons. The molecule has 1 aliphatic rings. The first kappa shape index (κ1) is 16.5. The summed E-state index contributed by atoms with van der Waals surface area (Å²) in [6, 6.07) is 11.6. The first-order valence-electron chi connectivity index (χ1n) is 8.20. The maximum atomic E-state index is 9.09. The minimum atomic E-state index is 0.137. The Hall–Kier alpha value is -0.900. The van der Waals surface area contributed by atoms with E-state index in [1.54, 1.807) is 0 Å². The average Bonchev–Trinajstić information content (AvgIpc) is 2.45. The minimum Gasteiger partial charge on any atom is -0.396 e. The highest BCUT2D eigenvalue weighted by Gasteiger charge is 2.38. The van der Waals surface area contributed by atoms with Crippen molar-refractivity contribution in [1.82, 2.24) is 10.2 Å². The van der Waals surface area contributed by atoms with Gasteiger partial charge in [-0.15, -0.1) is 0 Å². The van der Waals surface area contributed by atoms with Crippen molar-refractivity contribution in [2.24, 2.45) is 0 Å². The number of hydrogen-bond donors (Lipinski definition) is 2. The summed E-state index contributed by atoms with van der Waals surface area (Å²) in [6.45, 7) is 9.29. The fourth-order valence-corrected chi connectivity index (χ4v) is 3.34. The molecule has 1 fully saturated rings. The number of benzene rings is 1. The predicted molar refractivity (Wildman–Crippen MR) is 88.3 cm³/mol. The molecule has 118 valence electrons. The molecule has 2 rings (SSSR count). The summed E-state index contributed by atoms with van der Waals surface area (Å²) in [5, 5.41) is 12.8. The van der Waals surface area contributed by atoms with Gasteiger partial charge in [0, 0.05) is 30.8 Å². The third-order valence-corrected chi connectivity index (χ3v) is 4.85. The van der Waals surface area contributed by atoms with E-state index in [0.717, 1.165) is 19.5 Å². The molecule has 3 heteroatoms. The third kappa shape index (κ3) is 4.29. The van der Waals surface area contributed by atoms with Crippen LogP contribution in [0.3, 0.4) is 0 Å². The summed E-state index contributed by atoms with van der Waals surface area (Å²) in [4.78, 5) is 2.59. The molecule has 0 amide bonds. The second-order valence-corrected chi connectivity index (χ2v) is 6.84. The van der Waals surface area contributed by atoms with E-state index in [4.69, 9.17) is 5.11 Å². The molecule has 1 aromatic rings. The molecule has 21 heavy (non-hydrogen) atoms. The highest BCUT2D eigenvalue weighted by atomic mass is 16.3. The van der Waals surface area contributed by atoms with Crippen LogP contribution in [-0.4, -0.2) is 40.8 Å². The summed E-state index contributed by atoms with van der Waals surface area (Å²) in [5.41, 5.74) is 1.52. The second kappa shape index (κ2) is 7.39. The zero-order valence-corrected chi connectivity index (χ0v) is 13.7. The van der Waals surface area contributed by atoms with E-state index in [2.05, 4.69) is 61.3 Å². The fourth-order valence-electron chi connectivity index (χ4n) is 3.34. The molecule has 1 heterocycles. The van der Waals surface area contributed by atoms with Crippen molar-refractivity contribution in [3.8, 4) is 0 Å². The Morgan fingerprint density at radius 2 is 2.05 bits per heavy atom. The van der Waals surface area contributed by atoms with Crippen LogP contribution in [0.4, 0.5) is 0 Å². The van der Waals surface area contributed by atoms with Crippen LogP contribution in [-0.2, 0) is 6.54 Å². The van der Waals surface area contributed by atoms with Crippen LogP contribution >= 0.6 is 0 Å². The van der Waals surface area contributed by atoms with Crippen molar-refractivity contribution in [3.05, 3.63) is 35.9 Å². The number of aliphatic hydroxyl groups is 1. The Kier molecular flexibility index (Phi) is 5.80. The van der Waals surface area contributed by atoms with Crippen molar-refractivity contribution in [2.75, 3.05) is 13.2 Å². The molecule has 0 aliphatic carbocycles. The van der Waals surface area contributed by atoms with Crippen LogP contribution in [0.2, 0.25) is 0 Å². The standard InChI is InChI=1S/C18H30N2O/c1-15(11-13-21)19-17-10-7-12-20(18(17,2)3)14-16-8-5-4-6-9-16/h4-6,8-9,15,17,19,21H,7,10-14H2,1-3H3/t15-,17?/m1/s1. The number of likely N-dealkylation sites (tertiary alicyclic amines) is 1. The number of hydrogen-bond acceptors (Lipinski definition) is 3. The second-order valence-electron chi connectivity index (χ2n) is 6.84. The summed E-state index contributed by atoms with van der Waals surface area (Å²) >= 11 is 0. The smallest absolute Gasteiger partial charge is 0.0445 e. The summed E-state index contributed by atoms with van der Waals surface area (Å²) < 4.78 is 0. The van der Waals surface area contributed by atoms with Gasteiger partial charge in [-0.3, -0.25) is 4.90 Å². The highest BCUT2D eigenvalue weighted by Crippen LogP contribution is 2.30. The van der Waals surface area contributed by atoms with Crippen molar-refractivity contribution < 1.29 is 5.11 Å². The molecular formula is C18H30N2O. The highest BCUT2D eigenvalue weighted by molar-refractivity contribution is 5.15. The lowest BCUT2D eigenvalue weighted by Gasteiger charge is -2.49. The van der Waals surface area contributed by atoms with Gasteiger partial charge in [0.15, 0.2) is 0 Å². The van der Waals surface area contributed by atoms with Gasteiger partial charge in [0.25, 0.3) is 0 Å². The van der Waals surface area contributed by atoms with E-state index < -0.39 is 0 Å². The Morgan fingerprint density at radius 1 is 1.33 bits per heavy atom. The summed E-state index contributed by atoms with van der Waals surface area (Å²) in [6.07, 6.45) is 3.28. The van der Waals surface area contributed by atoms with Crippen LogP contribution < -0.4 is 5.32 Å². The van der Waals surface area contributed by atoms with Crippen molar-refractivity contribution in [3.63, 3.8) is 0 Å². The molecule has 0 aromatic heterocycles. The summed E-state index contributed by atoms with van der Waals surface area (Å²) in [7, 11) is 0. The van der Waals surface area contributed by atoms with Gasteiger partial charge in [0.05, 0.1) is 0 Å². The van der Waals surface area contributed by atoms with Gasteiger partial charge < -0.3 is 10.4 Å². The minimum absolute atomic E-state index is 0.137. The van der Waals surface area contributed by atoms with Crippen molar-refractivity contribution >= 4 is 0 Å². The first-order chi connectivity index (χ1) is 10.0. The molecule has 0 bridgehead atoms. The van der Waals surface area contributed by atoms with E-state index >= 15 is 0 Å². The monoisotopic (exact) mass is 290 g/mol. The normalized spacial score (nSPS) is 23.9. The molecule has 3 nitrogen and oxygen atoms in total. The quantitative estimate of drug-likeness (QED) is 0.845. The van der Waals surface area contributed by atoms with E-state index in [0.29, 0.717) is 12.1 Å². The fraction of sp³-hybridized carbons (Fsp3) is 0.667.